The molecular formula is C19H19ClF3NO3. The van der Waals surface area contributed by atoms with Crippen LogP contribution in [0.2, 0.25) is 5.02 Å². The number of hydrogen-bond acceptors (Lipinski definition) is 3. The second-order valence-electron chi connectivity index (χ2n) is 6.03. The van der Waals surface area contributed by atoms with E-state index < -0.39 is 17.6 Å². The van der Waals surface area contributed by atoms with Crippen LogP contribution < -0.4 is 10.1 Å². The van der Waals surface area contributed by atoms with Gasteiger partial charge in [-0.05, 0) is 50.2 Å². The van der Waals surface area contributed by atoms with Crippen molar-refractivity contribution in [2.45, 2.75) is 32.7 Å². The number of nitrogens with one attached hydrogen (secondary N) is 1. The fraction of sp³-hybridized carbons (Fsp3) is 0.316. The summed E-state index contributed by atoms with van der Waals surface area (Å²) in [5, 5.41) is 2.22. The van der Waals surface area contributed by atoms with Crippen LogP contribution in [0.25, 0.3) is 0 Å². The molecule has 0 saturated heterocycles. The minimum Gasteiger partial charge on any atom is -0.496 e. The summed E-state index contributed by atoms with van der Waals surface area (Å²) in [5.74, 6) is -0.161. The molecule has 2 rings (SSSR count). The Balaban J connectivity index is 2.30. The topological polar surface area (TPSA) is 47.6 Å². The third-order valence-electron chi connectivity index (χ3n) is 3.65. The number of benzene rings is 2. The van der Waals surface area contributed by atoms with Gasteiger partial charge in [-0.15, -0.1) is 0 Å². The summed E-state index contributed by atoms with van der Waals surface area (Å²) in [6.07, 6.45) is -4.68. The average molecular weight is 402 g/mol. The monoisotopic (exact) mass is 401 g/mol. The van der Waals surface area contributed by atoms with Crippen molar-refractivity contribution in [2.24, 2.45) is 0 Å². The molecule has 8 heteroatoms. The summed E-state index contributed by atoms with van der Waals surface area (Å²) >= 11 is 5.65. The minimum atomic E-state index is -4.65. The van der Waals surface area contributed by atoms with Crippen LogP contribution in [0.4, 0.5) is 18.9 Å². The third-order valence-corrected chi connectivity index (χ3v) is 3.89. The molecule has 0 unspecified atom stereocenters. The van der Waals surface area contributed by atoms with Gasteiger partial charge in [0, 0.05) is 16.1 Å². The summed E-state index contributed by atoms with van der Waals surface area (Å²) in [5.41, 5.74) is -0.583. The molecule has 27 heavy (non-hydrogen) atoms. The van der Waals surface area contributed by atoms with E-state index in [9.17, 15) is 18.0 Å². The predicted octanol–water partition coefficient (Wildman–Crippen LogP) is 5.54. The van der Waals surface area contributed by atoms with E-state index in [-0.39, 0.29) is 29.0 Å². The standard InChI is InChI=1S/C19H19ClF3NO3/c1-11(2)27-10-13-8-12(4-7-17(13)26-3)18(25)24-16-6-5-14(20)9-15(16)19(21,22)23/h4-9,11H,10H2,1-3H3,(H,24,25). The summed E-state index contributed by atoms with van der Waals surface area (Å²) < 4.78 is 50.3. The van der Waals surface area contributed by atoms with Crippen molar-refractivity contribution in [3.05, 3.63) is 58.1 Å². The fourth-order valence-corrected chi connectivity index (χ4v) is 2.52. The first-order valence-corrected chi connectivity index (χ1v) is 8.46. The van der Waals surface area contributed by atoms with E-state index in [0.717, 1.165) is 12.1 Å². The van der Waals surface area contributed by atoms with E-state index in [1.165, 1.54) is 25.3 Å². The predicted molar refractivity (Wildman–Crippen MR) is 97.3 cm³/mol. The highest BCUT2D eigenvalue weighted by Gasteiger charge is 2.34. The lowest BCUT2D eigenvalue weighted by molar-refractivity contribution is -0.136. The lowest BCUT2D eigenvalue weighted by Crippen LogP contribution is -2.17. The molecule has 0 aromatic heterocycles. The molecular weight excluding hydrogens is 383 g/mol. The number of halogens is 4. The molecule has 0 fully saturated rings. The van der Waals surface area contributed by atoms with Gasteiger partial charge in [0.05, 0.1) is 31.1 Å². The number of anilines is 1. The maximum absolute atomic E-state index is 13.2. The van der Waals surface area contributed by atoms with E-state index in [4.69, 9.17) is 21.1 Å². The molecule has 2 aromatic carbocycles. The van der Waals surface area contributed by atoms with Gasteiger partial charge in [-0.1, -0.05) is 11.6 Å². The number of methoxy groups -OCH3 is 1. The highest BCUT2D eigenvalue weighted by molar-refractivity contribution is 6.30. The number of carbonyl (C=O) groups excluding carboxylic acids is 1. The molecule has 0 spiro atoms. The molecule has 0 atom stereocenters. The van der Waals surface area contributed by atoms with Crippen LogP contribution in [0, 0.1) is 0 Å². The van der Waals surface area contributed by atoms with Gasteiger partial charge in [-0.3, -0.25) is 4.79 Å². The normalized spacial score (nSPS) is 11.6. The maximum atomic E-state index is 13.2. The second-order valence-corrected chi connectivity index (χ2v) is 6.46. The third kappa shape index (κ3) is 5.61. The van der Waals surface area contributed by atoms with Crippen LogP contribution in [0.3, 0.4) is 0 Å². The molecule has 0 radical (unpaired) electrons. The highest BCUT2D eigenvalue weighted by atomic mass is 35.5. The van der Waals surface area contributed by atoms with E-state index >= 15 is 0 Å². The zero-order chi connectivity index (χ0) is 20.2. The van der Waals surface area contributed by atoms with Gasteiger partial charge in [0.15, 0.2) is 0 Å². The highest BCUT2D eigenvalue weighted by Crippen LogP contribution is 2.36. The van der Waals surface area contributed by atoms with Crippen LogP contribution in [0.1, 0.15) is 35.3 Å². The van der Waals surface area contributed by atoms with Gasteiger partial charge in [0.1, 0.15) is 5.75 Å². The lowest BCUT2D eigenvalue weighted by atomic mass is 10.1. The Kier molecular flexibility index (Phi) is 6.73. The molecule has 146 valence electrons. The Morgan fingerprint density at radius 3 is 2.48 bits per heavy atom. The number of hydrogen-bond donors (Lipinski definition) is 1. The Morgan fingerprint density at radius 2 is 1.89 bits per heavy atom. The first-order chi connectivity index (χ1) is 12.6. The van der Waals surface area contributed by atoms with Crippen molar-refractivity contribution in [3.63, 3.8) is 0 Å². The van der Waals surface area contributed by atoms with Crippen LogP contribution in [0.5, 0.6) is 5.75 Å². The van der Waals surface area contributed by atoms with Crippen molar-refractivity contribution >= 4 is 23.2 Å². The van der Waals surface area contributed by atoms with Crippen molar-refractivity contribution in [3.8, 4) is 5.75 Å². The molecule has 1 amide bonds. The largest absolute Gasteiger partial charge is 0.496 e. The summed E-state index contributed by atoms with van der Waals surface area (Å²) in [6, 6.07) is 7.74. The number of carbonyl (C=O) groups is 1. The average Bonchev–Trinajstić information content (AvgIpc) is 2.60. The van der Waals surface area contributed by atoms with Crippen LogP contribution in [0.15, 0.2) is 36.4 Å². The smallest absolute Gasteiger partial charge is 0.418 e. The molecule has 0 aliphatic rings. The molecule has 0 aliphatic carbocycles. The van der Waals surface area contributed by atoms with Crippen molar-refractivity contribution in [1.82, 2.24) is 0 Å². The minimum absolute atomic E-state index is 0.0319. The van der Waals surface area contributed by atoms with Crippen LogP contribution in [-0.2, 0) is 17.5 Å². The van der Waals surface area contributed by atoms with E-state index in [1.54, 1.807) is 6.07 Å². The first kappa shape index (κ1) is 21.1. The quantitative estimate of drug-likeness (QED) is 0.690. The number of ether oxygens (including phenoxy) is 2. The molecule has 2 aromatic rings. The van der Waals surface area contributed by atoms with E-state index in [0.29, 0.717) is 11.3 Å². The summed E-state index contributed by atoms with van der Waals surface area (Å²) in [7, 11) is 1.48. The van der Waals surface area contributed by atoms with Gasteiger partial charge in [-0.25, -0.2) is 0 Å². The van der Waals surface area contributed by atoms with Crippen molar-refractivity contribution in [2.75, 3.05) is 12.4 Å². The molecule has 1 N–H and O–H groups in total. The van der Waals surface area contributed by atoms with Gasteiger partial charge < -0.3 is 14.8 Å². The van der Waals surface area contributed by atoms with E-state index in [2.05, 4.69) is 5.32 Å². The Morgan fingerprint density at radius 1 is 1.19 bits per heavy atom. The molecule has 4 nitrogen and oxygen atoms in total. The van der Waals surface area contributed by atoms with Crippen LogP contribution >= 0.6 is 11.6 Å². The van der Waals surface area contributed by atoms with Gasteiger partial charge in [0.25, 0.3) is 5.91 Å². The Bertz CT molecular complexity index is 822. The molecule has 0 aliphatic heterocycles. The lowest BCUT2D eigenvalue weighted by Gasteiger charge is -2.15. The maximum Gasteiger partial charge on any atom is 0.418 e. The van der Waals surface area contributed by atoms with Crippen LogP contribution in [-0.4, -0.2) is 19.1 Å². The van der Waals surface area contributed by atoms with Gasteiger partial charge >= 0.3 is 6.18 Å². The summed E-state index contributed by atoms with van der Waals surface area (Å²) in [6.45, 7) is 3.93. The van der Waals surface area contributed by atoms with Crippen molar-refractivity contribution < 1.29 is 27.4 Å². The zero-order valence-electron chi connectivity index (χ0n) is 15.0. The van der Waals surface area contributed by atoms with Crippen molar-refractivity contribution in [1.29, 1.82) is 0 Å². The van der Waals surface area contributed by atoms with Gasteiger partial charge in [-0.2, -0.15) is 13.2 Å². The number of rotatable bonds is 6. The van der Waals surface area contributed by atoms with E-state index in [1.807, 2.05) is 13.8 Å². The first-order valence-electron chi connectivity index (χ1n) is 8.08. The Hall–Kier alpha value is -2.25. The second kappa shape index (κ2) is 8.63. The summed E-state index contributed by atoms with van der Waals surface area (Å²) in [4.78, 5) is 12.5. The zero-order valence-corrected chi connectivity index (χ0v) is 15.7. The van der Waals surface area contributed by atoms with Gasteiger partial charge in [0.2, 0.25) is 0 Å². The Labute approximate surface area is 160 Å². The number of amides is 1. The molecule has 0 bridgehead atoms. The molecule has 0 saturated carbocycles. The fourth-order valence-electron chi connectivity index (χ4n) is 2.34. The molecule has 0 heterocycles. The number of alkyl halides is 3. The SMILES string of the molecule is COc1ccc(C(=O)Nc2ccc(Cl)cc2C(F)(F)F)cc1COC(C)C.